The quantitative estimate of drug-likeness (QED) is 0.460. The SMILES string of the molecule is C/C(=N/NC(=O)c1cc(-c2ccc(Cl)c(Cl)c2)n[nH]1)c1ccc(O)cc1. The molecular formula is C18H14Cl2N4O2. The molecule has 0 saturated heterocycles. The number of nitrogens with zero attached hydrogens (tertiary/aromatic N) is 2. The highest BCUT2D eigenvalue weighted by Gasteiger charge is 2.12. The number of carbonyl (C=O) groups is 1. The zero-order chi connectivity index (χ0) is 18.7. The van der Waals surface area contributed by atoms with Crippen LogP contribution in [0, 0.1) is 0 Å². The van der Waals surface area contributed by atoms with Crippen LogP contribution in [0.25, 0.3) is 11.3 Å². The Morgan fingerprint density at radius 1 is 1.12 bits per heavy atom. The maximum absolute atomic E-state index is 12.2. The molecule has 0 aliphatic carbocycles. The summed E-state index contributed by atoms with van der Waals surface area (Å²) in [7, 11) is 0. The summed E-state index contributed by atoms with van der Waals surface area (Å²) in [6, 6.07) is 13.2. The number of rotatable bonds is 4. The molecule has 0 bridgehead atoms. The minimum atomic E-state index is -0.429. The fraction of sp³-hybridized carbons (Fsp3) is 0.0556. The monoisotopic (exact) mass is 388 g/mol. The summed E-state index contributed by atoms with van der Waals surface area (Å²) >= 11 is 11.9. The highest BCUT2D eigenvalue weighted by atomic mass is 35.5. The molecule has 0 aliphatic rings. The van der Waals surface area contributed by atoms with Crippen LogP contribution in [0.3, 0.4) is 0 Å². The maximum Gasteiger partial charge on any atom is 0.289 e. The van der Waals surface area contributed by atoms with E-state index >= 15 is 0 Å². The number of hydrazone groups is 1. The number of amides is 1. The van der Waals surface area contributed by atoms with Gasteiger partial charge in [0.05, 0.1) is 21.5 Å². The lowest BCUT2D eigenvalue weighted by Crippen LogP contribution is -2.19. The lowest BCUT2D eigenvalue weighted by Gasteiger charge is -2.02. The van der Waals surface area contributed by atoms with E-state index in [0.717, 1.165) is 11.1 Å². The van der Waals surface area contributed by atoms with Crippen molar-refractivity contribution >= 4 is 34.8 Å². The number of aromatic amines is 1. The van der Waals surface area contributed by atoms with Crippen LogP contribution in [-0.2, 0) is 0 Å². The Bertz CT molecular complexity index is 981. The highest BCUT2D eigenvalue weighted by Crippen LogP contribution is 2.27. The van der Waals surface area contributed by atoms with Crippen molar-refractivity contribution in [3.05, 3.63) is 69.8 Å². The molecule has 2 aromatic carbocycles. The topological polar surface area (TPSA) is 90.4 Å². The standard InChI is InChI=1S/C18H14Cl2N4O2/c1-10(11-2-5-13(25)6-3-11)21-24-18(26)17-9-16(22-23-17)12-4-7-14(19)15(20)8-12/h2-9,25H,1H3,(H,22,23)(H,24,26)/b21-10-. The second-order valence-electron chi connectivity index (χ2n) is 5.48. The number of phenols is 1. The van der Waals surface area contributed by atoms with Gasteiger partial charge in [-0.25, -0.2) is 5.43 Å². The number of phenolic OH excluding ortho intramolecular Hbond substituents is 1. The molecule has 1 heterocycles. The average Bonchev–Trinajstić information content (AvgIpc) is 3.12. The van der Waals surface area contributed by atoms with Gasteiger partial charge < -0.3 is 5.11 Å². The van der Waals surface area contributed by atoms with Crippen molar-refractivity contribution in [1.29, 1.82) is 0 Å². The average molecular weight is 389 g/mol. The number of aromatic hydroxyl groups is 1. The summed E-state index contributed by atoms with van der Waals surface area (Å²) in [5.41, 5.74) is 5.40. The summed E-state index contributed by atoms with van der Waals surface area (Å²) in [6.07, 6.45) is 0. The zero-order valence-electron chi connectivity index (χ0n) is 13.6. The Morgan fingerprint density at radius 2 is 1.85 bits per heavy atom. The Balaban J connectivity index is 1.72. The molecule has 6 nitrogen and oxygen atoms in total. The van der Waals surface area contributed by atoms with Crippen molar-refractivity contribution in [2.75, 3.05) is 0 Å². The Morgan fingerprint density at radius 3 is 2.54 bits per heavy atom. The second kappa shape index (κ2) is 7.59. The fourth-order valence-corrected chi connectivity index (χ4v) is 2.50. The van der Waals surface area contributed by atoms with Crippen molar-refractivity contribution in [2.45, 2.75) is 6.92 Å². The molecule has 0 saturated carbocycles. The molecule has 8 heteroatoms. The van der Waals surface area contributed by atoms with Crippen molar-refractivity contribution in [2.24, 2.45) is 5.10 Å². The maximum atomic E-state index is 12.2. The molecule has 0 spiro atoms. The van der Waals surface area contributed by atoms with Gasteiger partial charge >= 0.3 is 0 Å². The van der Waals surface area contributed by atoms with Crippen LogP contribution in [0.2, 0.25) is 10.0 Å². The first kappa shape index (κ1) is 18.0. The van der Waals surface area contributed by atoms with Crippen molar-refractivity contribution < 1.29 is 9.90 Å². The number of nitrogens with one attached hydrogen (secondary N) is 2. The van der Waals surface area contributed by atoms with E-state index in [4.69, 9.17) is 23.2 Å². The van der Waals surface area contributed by atoms with E-state index < -0.39 is 5.91 Å². The summed E-state index contributed by atoms with van der Waals surface area (Å²) in [5.74, 6) is -0.264. The van der Waals surface area contributed by atoms with Gasteiger partial charge in [-0.3, -0.25) is 9.89 Å². The zero-order valence-corrected chi connectivity index (χ0v) is 15.1. The van der Waals surface area contributed by atoms with Gasteiger partial charge in [-0.05, 0) is 55.0 Å². The largest absolute Gasteiger partial charge is 0.508 e. The lowest BCUT2D eigenvalue weighted by molar-refractivity contribution is 0.0950. The first-order valence-electron chi connectivity index (χ1n) is 7.59. The Hall–Kier alpha value is -2.83. The predicted molar refractivity (Wildman–Crippen MR) is 102 cm³/mol. The molecule has 0 unspecified atom stereocenters. The van der Waals surface area contributed by atoms with Gasteiger partial charge in [0.2, 0.25) is 0 Å². The first-order chi connectivity index (χ1) is 12.4. The number of aromatic nitrogens is 2. The van der Waals surface area contributed by atoms with E-state index in [9.17, 15) is 9.90 Å². The third-order valence-corrected chi connectivity index (χ3v) is 4.39. The van der Waals surface area contributed by atoms with Crippen molar-refractivity contribution in [3.63, 3.8) is 0 Å². The van der Waals surface area contributed by atoms with Gasteiger partial charge in [-0.2, -0.15) is 10.2 Å². The van der Waals surface area contributed by atoms with E-state index in [-0.39, 0.29) is 11.4 Å². The molecule has 3 rings (SSSR count). The molecule has 3 aromatic rings. The van der Waals surface area contributed by atoms with Crippen molar-refractivity contribution in [1.82, 2.24) is 15.6 Å². The minimum absolute atomic E-state index is 0.165. The number of benzene rings is 2. The van der Waals surface area contributed by atoms with E-state index in [1.54, 1.807) is 55.5 Å². The van der Waals surface area contributed by atoms with Gasteiger partial charge in [0.15, 0.2) is 0 Å². The van der Waals surface area contributed by atoms with Crippen LogP contribution >= 0.6 is 23.2 Å². The van der Waals surface area contributed by atoms with Gasteiger partial charge in [0.1, 0.15) is 11.4 Å². The van der Waals surface area contributed by atoms with E-state index in [0.29, 0.717) is 21.5 Å². The smallest absolute Gasteiger partial charge is 0.289 e. The molecule has 1 aromatic heterocycles. The number of hydrogen-bond donors (Lipinski definition) is 3. The number of hydrogen-bond acceptors (Lipinski definition) is 4. The van der Waals surface area contributed by atoms with Gasteiger partial charge in [-0.15, -0.1) is 0 Å². The predicted octanol–water partition coefficient (Wildman–Crippen LogP) is 4.24. The van der Waals surface area contributed by atoms with Crippen LogP contribution in [0.5, 0.6) is 5.75 Å². The number of H-pyrrole nitrogens is 1. The normalized spacial score (nSPS) is 11.4. The lowest BCUT2D eigenvalue weighted by atomic mass is 10.1. The minimum Gasteiger partial charge on any atom is -0.508 e. The third kappa shape index (κ3) is 4.04. The van der Waals surface area contributed by atoms with Crippen LogP contribution in [-0.4, -0.2) is 26.9 Å². The van der Waals surface area contributed by atoms with E-state index in [1.807, 2.05) is 0 Å². The molecule has 1 amide bonds. The first-order valence-corrected chi connectivity index (χ1v) is 8.34. The van der Waals surface area contributed by atoms with E-state index in [2.05, 4.69) is 20.7 Å². The Kier molecular flexibility index (Phi) is 5.25. The van der Waals surface area contributed by atoms with Crippen molar-refractivity contribution in [3.8, 4) is 17.0 Å². The molecule has 26 heavy (non-hydrogen) atoms. The molecule has 0 fully saturated rings. The number of halogens is 2. The highest BCUT2D eigenvalue weighted by molar-refractivity contribution is 6.42. The molecule has 0 aliphatic heterocycles. The molecular weight excluding hydrogens is 375 g/mol. The van der Waals surface area contributed by atoms with Gasteiger partial charge in [-0.1, -0.05) is 29.3 Å². The van der Waals surface area contributed by atoms with E-state index in [1.165, 1.54) is 0 Å². The summed E-state index contributed by atoms with van der Waals surface area (Å²) < 4.78 is 0. The van der Waals surface area contributed by atoms with Crippen LogP contribution in [0.15, 0.2) is 53.6 Å². The molecule has 132 valence electrons. The molecule has 3 N–H and O–H groups in total. The van der Waals surface area contributed by atoms with Crippen LogP contribution < -0.4 is 5.43 Å². The molecule has 0 atom stereocenters. The summed E-state index contributed by atoms with van der Waals surface area (Å²) in [5, 5.41) is 21.0. The second-order valence-corrected chi connectivity index (χ2v) is 6.30. The fourth-order valence-electron chi connectivity index (χ4n) is 2.20. The summed E-state index contributed by atoms with van der Waals surface area (Å²) in [6.45, 7) is 1.75. The Labute approximate surface area is 159 Å². The summed E-state index contributed by atoms with van der Waals surface area (Å²) in [4.78, 5) is 12.2. The van der Waals surface area contributed by atoms with Gasteiger partial charge in [0, 0.05) is 5.56 Å². The van der Waals surface area contributed by atoms with Crippen LogP contribution in [0.1, 0.15) is 23.0 Å². The van der Waals surface area contributed by atoms with Crippen LogP contribution in [0.4, 0.5) is 0 Å². The third-order valence-electron chi connectivity index (χ3n) is 3.65. The molecule has 0 radical (unpaired) electrons. The van der Waals surface area contributed by atoms with Gasteiger partial charge in [0.25, 0.3) is 5.91 Å². The number of carbonyl (C=O) groups excluding carboxylic acids is 1.